The van der Waals surface area contributed by atoms with E-state index in [0.29, 0.717) is 12.6 Å². The van der Waals surface area contributed by atoms with Crippen LogP contribution in [0.3, 0.4) is 0 Å². The molecule has 2 heterocycles. The van der Waals surface area contributed by atoms with Gasteiger partial charge in [0.15, 0.2) is 0 Å². The molecule has 28 heavy (non-hydrogen) atoms. The first-order valence-electron chi connectivity index (χ1n) is 10.5. The minimum atomic E-state index is -3.41. The molecule has 2 bridgehead atoms. The highest BCUT2D eigenvalue weighted by Gasteiger charge is 2.36. The molecule has 2 fully saturated rings. The van der Waals surface area contributed by atoms with E-state index in [4.69, 9.17) is 0 Å². The molecule has 1 aliphatic heterocycles. The zero-order valence-electron chi connectivity index (χ0n) is 16.9. The van der Waals surface area contributed by atoms with Gasteiger partial charge in [-0.1, -0.05) is 50.6 Å². The Morgan fingerprint density at radius 2 is 1.93 bits per heavy atom. The maximum absolute atomic E-state index is 13.0. The van der Waals surface area contributed by atoms with E-state index in [1.165, 1.54) is 25.7 Å². The average molecular weight is 402 g/mol. The lowest BCUT2D eigenvalue weighted by Gasteiger charge is -2.25. The van der Waals surface area contributed by atoms with E-state index in [-0.39, 0.29) is 16.8 Å². The predicted molar refractivity (Wildman–Crippen MR) is 111 cm³/mol. The molecule has 1 aliphatic carbocycles. The third kappa shape index (κ3) is 4.18. The molecule has 4 rings (SSSR count). The number of aromatic nitrogens is 2. The number of sulfone groups is 1. The molecule has 0 N–H and O–H groups in total. The van der Waals surface area contributed by atoms with Gasteiger partial charge in [-0.25, -0.2) is 13.4 Å². The van der Waals surface area contributed by atoms with Gasteiger partial charge in [0.1, 0.15) is 0 Å². The Morgan fingerprint density at radius 3 is 2.64 bits per heavy atom. The van der Waals surface area contributed by atoms with Crippen molar-refractivity contribution in [3.8, 4) is 0 Å². The van der Waals surface area contributed by atoms with Crippen LogP contribution in [0, 0.1) is 11.8 Å². The number of benzene rings is 1. The Labute approximate surface area is 168 Å². The molecule has 1 saturated heterocycles. The molecule has 0 unspecified atom stereocenters. The fourth-order valence-corrected chi connectivity index (χ4v) is 6.62. The zero-order valence-corrected chi connectivity index (χ0v) is 17.7. The van der Waals surface area contributed by atoms with Crippen LogP contribution in [0.25, 0.3) is 0 Å². The summed E-state index contributed by atoms with van der Waals surface area (Å²) in [6.45, 7) is 6.35. The van der Waals surface area contributed by atoms with Crippen LogP contribution in [-0.2, 0) is 22.9 Å². The second-order valence-corrected chi connectivity index (χ2v) is 10.8. The molecule has 2 aliphatic rings. The summed E-state index contributed by atoms with van der Waals surface area (Å²) < 4.78 is 27.9. The Balaban J connectivity index is 1.66. The number of hydrogen-bond donors (Lipinski definition) is 0. The first-order chi connectivity index (χ1) is 13.4. The van der Waals surface area contributed by atoms with Gasteiger partial charge < -0.3 is 4.57 Å². The molecule has 1 aromatic carbocycles. The Morgan fingerprint density at radius 1 is 1.14 bits per heavy atom. The van der Waals surface area contributed by atoms with Crippen molar-refractivity contribution in [2.75, 3.05) is 12.3 Å². The summed E-state index contributed by atoms with van der Waals surface area (Å²) in [4.78, 5) is 6.96. The molecule has 0 spiro atoms. The fourth-order valence-electron chi connectivity index (χ4n) is 4.86. The Bertz CT molecular complexity index is 905. The maximum Gasteiger partial charge on any atom is 0.228 e. The van der Waals surface area contributed by atoms with E-state index in [9.17, 15) is 8.42 Å². The van der Waals surface area contributed by atoms with E-state index in [2.05, 4.69) is 9.88 Å². The normalized spacial score (nSPS) is 22.8. The van der Waals surface area contributed by atoms with E-state index in [0.717, 1.165) is 30.3 Å². The summed E-state index contributed by atoms with van der Waals surface area (Å²) in [7, 11) is -3.41. The van der Waals surface area contributed by atoms with Crippen LogP contribution >= 0.6 is 0 Å². The van der Waals surface area contributed by atoms with Crippen LogP contribution in [0.5, 0.6) is 0 Å². The first-order valence-corrected chi connectivity index (χ1v) is 12.1. The molecule has 6 heteroatoms. The van der Waals surface area contributed by atoms with Gasteiger partial charge in [-0.3, -0.25) is 4.90 Å². The monoisotopic (exact) mass is 401 g/mol. The number of hydrogen-bond acceptors (Lipinski definition) is 4. The van der Waals surface area contributed by atoms with Gasteiger partial charge in [-0.2, -0.15) is 0 Å². The minimum absolute atomic E-state index is 0.0770. The van der Waals surface area contributed by atoms with Gasteiger partial charge in [0.25, 0.3) is 0 Å². The largest absolute Gasteiger partial charge is 0.313 e. The number of fused-ring (bicyclic) bond motifs is 2. The molecular weight excluding hydrogens is 370 g/mol. The zero-order chi connectivity index (χ0) is 19.7. The smallest absolute Gasteiger partial charge is 0.228 e. The highest BCUT2D eigenvalue weighted by molar-refractivity contribution is 7.91. The summed E-state index contributed by atoms with van der Waals surface area (Å²) in [5.41, 5.74) is 2.11. The molecule has 2 aromatic rings. The third-order valence-electron chi connectivity index (χ3n) is 6.05. The van der Waals surface area contributed by atoms with Crippen molar-refractivity contribution in [1.82, 2.24) is 14.5 Å². The predicted octanol–water partition coefficient (Wildman–Crippen LogP) is 3.74. The number of likely N-dealkylation sites (tertiary alicyclic amines) is 1. The van der Waals surface area contributed by atoms with Gasteiger partial charge in [-0.05, 0) is 36.7 Å². The van der Waals surface area contributed by atoms with Crippen molar-refractivity contribution in [2.45, 2.75) is 63.8 Å². The van der Waals surface area contributed by atoms with Crippen LogP contribution in [0.4, 0.5) is 0 Å². The Kier molecular flexibility index (Phi) is 5.61. The fraction of sp³-hybridized carbons (Fsp3) is 0.591. The molecule has 152 valence electrons. The molecular formula is C22H31N3O2S. The number of imidazole rings is 1. The van der Waals surface area contributed by atoms with E-state index < -0.39 is 9.84 Å². The third-order valence-corrected chi connectivity index (χ3v) is 8.03. The van der Waals surface area contributed by atoms with E-state index in [1.807, 2.05) is 48.7 Å². The second kappa shape index (κ2) is 7.99. The summed E-state index contributed by atoms with van der Waals surface area (Å²) in [5.74, 6) is 1.02. The Hall–Kier alpha value is -1.66. The van der Waals surface area contributed by atoms with Crippen LogP contribution in [0.15, 0.2) is 41.7 Å². The van der Waals surface area contributed by atoms with Crippen molar-refractivity contribution in [3.05, 3.63) is 47.8 Å². The molecule has 2 atom stereocenters. The van der Waals surface area contributed by atoms with Gasteiger partial charge in [0.2, 0.25) is 15.0 Å². The van der Waals surface area contributed by atoms with Crippen LogP contribution in [0.2, 0.25) is 0 Å². The lowest BCUT2D eigenvalue weighted by molar-refractivity contribution is 0.231. The molecule has 1 aromatic heterocycles. The van der Waals surface area contributed by atoms with Crippen molar-refractivity contribution < 1.29 is 8.42 Å². The van der Waals surface area contributed by atoms with Gasteiger partial charge >= 0.3 is 0 Å². The van der Waals surface area contributed by atoms with Crippen LogP contribution in [-0.4, -0.2) is 41.2 Å². The highest BCUT2D eigenvalue weighted by atomic mass is 32.2. The molecule has 1 saturated carbocycles. The molecule has 0 radical (unpaired) electrons. The standard InChI is InChI=1S/C22H31N3O2S/c1-17(2)16-28(26,27)22-23-12-21(25(22)14-18-7-4-3-5-8-18)15-24-13-19-9-6-10-20(24)11-19/h3-5,7-8,12,17,19-20H,6,9-11,13-16H2,1-2H3/t19-,20+/m1/s1. The van der Waals surface area contributed by atoms with Gasteiger partial charge in [0, 0.05) is 19.1 Å². The summed E-state index contributed by atoms with van der Waals surface area (Å²) in [6.07, 6.45) is 7.01. The van der Waals surface area contributed by atoms with E-state index >= 15 is 0 Å². The summed E-state index contributed by atoms with van der Waals surface area (Å²) in [6, 6.07) is 10.7. The summed E-state index contributed by atoms with van der Waals surface area (Å²) in [5, 5.41) is 0.224. The van der Waals surface area contributed by atoms with Crippen molar-refractivity contribution >= 4 is 9.84 Å². The van der Waals surface area contributed by atoms with Crippen LogP contribution in [0.1, 0.15) is 50.8 Å². The number of nitrogens with zero attached hydrogens (tertiary/aromatic N) is 3. The van der Waals surface area contributed by atoms with Crippen molar-refractivity contribution in [1.29, 1.82) is 0 Å². The summed E-state index contributed by atoms with van der Waals surface area (Å²) >= 11 is 0. The van der Waals surface area contributed by atoms with Crippen molar-refractivity contribution in [3.63, 3.8) is 0 Å². The second-order valence-electron chi connectivity index (χ2n) is 8.90. The van der Waals surface area contributed by atoms with Crippen LogP contribution < -0.4 is 0 Å². The van der Waals surface area contributed by atoms with Gasteiger partial charge in [-0.15, -0.1) is 0 Å². The first kappa shape index (κ1) is 19.6. The lowest BCUT2D eigenvalue weighted by atomic mass is 9.90. The topological polar surface area (TPSA) is 55.2 Å². The average Bonchev–Trinajstić information content (AvgIpc) is 3.16. The SMILES string of the molecule is CC(C)CS(=O)(=O)c1ncc(CN2C[C@@H]3CCC[C@H]2C3)n1Cc1ccccc1. The molecule has 5 nitrogen and oxygen atoms in total. The van der Waals surface area contributed by atoms with Crippen molar-refractivity contribution in [2.24, 2.45) is 11.8 Å². The lowest BCUT2D eigenvalue weighted by Crippen LogP contribution is -2.30. The highest BCUT2D eigenvalue weighted by Crippen LogP contribution is 2.36. The van der Waals surface area contributed by atoms with Gasteiger partial charge in [0.05, 0.1) is 24.2 Å². The minimum Gasteiger partial charge on any atom is -0.313 e. The number of rotatable bonds is 7. The molecule has 0 amide bonds. The quantitative estimate of drug-likeness (QED) is 0.709. The van der Waals surface area contributed by atoms with E-state index in [1.54, 1.807) is 6.20 Å². The maximum atomic E-state index is 13.0.